The van der Waals surface area contributed by atoms with Crippen molar-refractivity contribution in [1.82, 2.24) is 24.4 Å². The van der Waals surface area contributed by atoms with Crippen molar-refractivity contribution in [2.24, 2.45) is 0 Å². The van der Waals surface area contributed by atoms with Crippen LogP contribution in [0.25, 0.3) is 5.65 Å². The number of aryl methyl sites for hydroxylation is 2. The van der Waals surface area contributed by atoms with Crippen LogP contribution in [0.5, 0.6) is 0 Å². The smallest absolute Gasteiger partial charge is 0.272 e. The van der Waals surface area contributed by atoms with Crippen LogP contribution in [0.2, 0.25) is 5.02 Å². The minimum Gasteiger partial charge on any atom is -0.294 e. The van der Waals surface area contributed by atoms with Gasteiger partial charge in [0.05, 0.1) is 23.0 Å². The lowest BCUT2D eigenvalue weighted by Crippen LogP contribution is -2.19. The van der Waals surface area contributed by atoms with Gasteiger partial charge in [-0.3, -0.25) is 14.6 Å². The van der Waals surface area contributed by atoms with Crippen LogP contribution in [-0.4, -0.2) is 24.4 Å². The van der Waals surface area contributed by atoms with E-state index < -0.39 is 0 Å². The standard InChI is InChI=1S/C14H16ClN5O/c1-4-11-8(2)18-20-13(21)5-12(17-14(11)20)9(3)19-7-10(15)6-16-19/h5-7,9,18H,4H2,1-3H3. The number of aromatic amines is 1. The largest absolute Gasteiger partial charge is 0.294 e. The number of fused-ring (bicyclic) bond motifs is 1. The van der Waals surface area contributed by atoms with E-state index in [9.17, 15) is 4.79 Å². The second-order valence-corrected chi connectivity index (χ2v) is 5.50. The van der Waals surface area contributed by atoms with E-state index in [1.807, 2.05) is 20.8 Å². The highest BCUT2D eigenvalue weighted by atomic mass is 35.5. The van der Waals surface area contributed by atoms with Gasteiger partial charge in [0.1, 0.15) is 0 Å². The first-order chi connectivity index (χ1) is 10.0. The SMILES string of the molecule is CCc1c(C)[nH]n2c(=O)cc(C(C)n3cc(Cl)cn3)nc12. The molecular weight excluding hydrogens is 290 g/mol. The number of H-pyrrole nitrogens is 1. The molecule has 0 spiro atoms. The Morgan fingerprint density at radius 1 is 1.48 bits per heavy atom. The normalized spacial score (nSPS) is 13.0. The van der Waals surface area contributed by atoms with Crippen LogP contribution in [0.15, 0.2) is 23.3 Å². The van der Waals surface area contributed by atoms with Crippen molar-refractivity contribution in [2.75, 3.05) is 0 Å². The van der Waals surface area contributed by atoms with Crippen molar-refractivity contribution in [3.63, 3.8) is 0 Å². The first kappa shape index (κ1) is 13.9. The van der Waals surface area contributed by atoms with Gasteiger partial charge in [0.15, 0.2) is 5.65 Å². The van der Waals surface area contributed by atoms with Crippen LogP contribution in [0, 0.1) is 6.92 Å². The molecule has 0 amide bonds. The highest BCUT2D eigenvalue weighted by molar-refractivity contribution is 6.30. The number of nitrogens with one attached hydrogen (secondary N) is 1. The van der Waals surface area contributed by atoms with Crippen LogP contribution in [0.1, 0.15) is 36.8 Å². The fourth-order valence-corrected chi connectivity index (χ4v) is 2.66. The van der Waals surface area contributed by atoms with E-state index in [0.29, 0.717) is 16.4 Å². The summed E-state index contributed by atoms with van der Waals surface area (Å²) in [6.07, 6.45) is 4.11. The summed E-state index contributed by atoms with van der Waals surface area (Å²) in [4.78, 5) is 16.9. The topological polar surface area (TPSA) is 68.0 Å². The van der Waals surface area contributed by atoms with Crippen molar-refractivity contribution >= 4 is 17.2 Å². The lowest BCUT2D eigenvalue weighted by atomic mass is 10.2. The fraction of sp³-hybridized carbons (Fsp3) is 0.357. The fourth-order valence-electron chi connectivity index (χ4n) is 2.51. The Labute approximate surface area is 126 Å². The molecular formula is C14H16ClN5O. The van der Waals surface area contributed by atoms with E-state index in [2.05, 4.69) is 15.2 Å². The maximum Gasteiger partial charge on any atom is 0.272 e. The van der Waals surface area contributed by atoms with Crippen LogP contribution in [0.3, 0.4) is 0 Å². The third-order valence-corrected chi connectivity index (χ3v) is 3.88. The Morgan fingerprint density at radius 2 is 2.24 bits per heavy atom. The zero-order valence-electron chi connectivity index (χ0n) is 12.1. The molecule has 1 atom stereocenters. The first-order valence-corrected chi connectivity index (χ1v) is 7.20. The predicted molar refractivity (Wildman–Crippen MR) is 81.0 cm³/mol. The molecule has 0 fully saturated rings. The van der Waals surface area contributed by atoms with E-state index in [0.717, 1.165) is 17.7 Å². The lowest BCUT2D eigenvalue weighted by Gasteiger charge is -2.11. The second kappa shape index (κ2) is 5.04. The van der Waals surface area contributed by atoms with Gasteiger partial charge in [0.25, 0.3) is 5.56 Å². The van der Waals surface area contributed by atoms with Crippen LogP contribution in [-0.2, 0) is 6.42 Å². The van der Waals surface area contributed by atoms with E-state index in [4.69, 9.17) is 11.6 Å². The van der Waals surface area contributed by atoms with E-state index >= 15 is 0 Å². The molecule has 6 nitrogen and oxygen atoms in total. The van der Waals surface area contributed by atoms with Gasteiger partial charge in [-0.05, 0) is 20.3 Å². The summed E-state index contributed by atoms with van der Waals surface area (Å²) in [5.74, 6) is 0. The Morgan fingerprint density at radius 3 is 2.86 bits per heavy atom. The predicted octanol–water partition coefficient (Wildman–Crippen LogP) is 2.35. The second-order valence-electron chi connectivity index (χ2n) is 5.06. The summed E-state index contributed by atoms with van der Waals surface area (Å²) in [6.45, 7) is 5.93. The molecule has 3 aromatic heterocycles. The molecule has 1 N–H and O–H groups in total. The molecule has 110 valence electrons. The van der Waals surface area contributed by atoms with Crippen LogP contribution < -0.4 is 5.56 Å². The summed E-state index contributed by atoms with van der Waals surface area (Å²) < 4.78 is 3.19. The summed E-state index contributed by atoms with van der Waals surface area (Å²) >= 11 is 5.89. The molecule has 3 aromatic rings. The molecule has 0 aromatic carbocycles. The molecule has 0 saturated heterocycles. The third-order valence-electron chi connectivity index (χ3n) is 3.69. The molecule has 0 aliphatic rings. The van der Waals surface area contributed by atoms with Gasteiger partial charge in [-0.1, -0.05) is 18.5 Å². The molecule has 7 heteroatoms. The van der Waals surface area contributed by atoms with Gasteiger partial charge >= 0.3 is 0 Å². The van der Waals surface area contributed by atoms with Crippen LogP contribution in [0.4, 0.5) is 0 Å². The third kappa shape index (κ3) is 2.25. The molecule has 21 heavy (non-hydrogen) atoms. The Bertz CT molecular complexity index is 860. The first-order valence-electron chi connectivity index (χ1n) is 6.82. The van der Waals surface area contributed by atoms with Gasteiger partial charge in [-0.25, -0.2) is 9.50 Å². The van der Waals surface area contributed by atoms with Gasteiger partial charge in [-0.2, -0.15) is 5.10 Å². The molecule has 3 heterocycles. The Kier molecular flexibility index (Phi) is 3.33. The summed E-state index contributed by atoms with van der Waals surface area (Å²) in [7, 11) is 0. The van der Waals surface area contributed by atoms with Gasteiger partial charge in [0.2, 0.25) is 0 Å². The average molecular weight is 306 g/mol. The number of hydrogen-bond acceptors (Lipinski definition) is 3. The monoisotopic (exact) mass is 305 g/mol. The minimum absolute atomic E-state index is 0.122. The summed E-state index contributed by atoms with van der Waals surface area (Å²) in [6, 6.07) is 1.37. The Balaban J connectivity index is 2.17. The highest BCUT2D eigenvalue weighted by Gasteiger charge is 2.16. The number of aromatic nitrogens is 5. The number of nitrogens with zero attached hydrogens (tertiary/aromatic N) is 4. The summed E-state index contributed by atoms with van der Waals surface area (Å²) in [5, 5.41) is 7.79. The summed E-state index contributed by atoms with van der Waals surface area (Å²) in [5.41, 5.74) is 3.26. The number of rotatable bonds is 3. The molecule has 0 aliphatic carbocycles. The molecule has 3 rings (SSSR count). The van der Waals surface area contributed by atoms with Crippen LogP contribution >= 0.6 is 11.6 Å². The molecule has 0 bridgehead atoms. The molecule has 1 unspecified atom stereocenters. The van der Waals surface area contributed by atoms with E-state index in [-0.39, 0.29) is 11.6 Å². The lowest BCUT2D eigenvalue weighted by molar-refractivity contribution is 0.550. The van der Waals surface area contributed by atoms with Gasteiger partial charge in [0, 0.05) is 23.5 Å². The van der Waals surface area contributed by atoms with Gasteiger partial charge in [-0.15, -0.1) is 0 Å². The molecule has 0 saturated carbocycles. The van der Waals surface area contributed by atoms with Crippen molar-refractivity contribution in [1.29, 1.82) is 0 Å². The quantitative estimate of drug-likeness (QED) is 0.807. The van der Waals surface area contributed by atoms with Crippen molar-refractivity contribution in [3.8, 4) is 0 Å². The maximum absolute atomic E-state index is 12.3. The van der Waals surface area contributed by atoms with E-state index in [1.165, 1.54) is 10.6 Å². The Hall–Kier alpha value is -2.08. The zero-order chi connectivity index (χ0) is 15.1. The number of halogens is 1. The van der Waals surface area contributed by atoms with E-state index in [1.54, 1.807) is 17.1 Å². The average Bonchev–Trinajstić information content (AvgIpc) is 3.01. The zero-order valence-corrected chi connectivity index (χ0v) is 12.8. The highest BCUT2D eigenvalue weighted by Crippen LogP contribution is 2.19. The molecule has 0 aliphatic heterocycles. The maximum atomic E-state index is 12.3. The number of hydrogen-bond donors (Lipinski definition) is 1. The minimum atomic E-state index is -0.157. The van der Waals surface area contributed by atoms with Crippen molar-refractivity contribution in [3.05, 3.63) is 50.8 Å². The van der Waals surface area contributed by atoms with Gasteiger partial charge < -0.3 is 0 Å². The molecule has 0 radical (unpaired) electrons. The van der Waals surface area contributed by atoms with Crippen molar-refractivity contribution in [2.45, 2.75) is 33.2 Å². The van der Waals surface area contributed by atoms with Crippen molar-refractivity contribution < 1.29 is 0 Å².